The van der Waals surface area contributed by atoms with Gasteiger partial charge in [-0.2, -0.15) is 4.98 Å². The third-order valence-electron chi connectivity index (χ3n) is 4.75. The van der Waals surface area contributed by atoms with Crippen LogP contribution in [0, 0.1) is 12.8 Å². The Labute approximate surface area is 138 Å². The normalized spacial score (nSPS) is 27.7. The summed E-state index contributed by atoms with van der Waals surface area (Å²) < 4.78 is 11.3. The van der Waals surface area contributed by atoms with Gasteiger partial charge in [0.2, 0.25) is 5.89 Å². The Hall–Kier alpha value is -1.73. The van der Waals surface area contributed by atoms with E-state index in [1.807, 2.05) is 29.3 Å². The highest BCUT2D eigenvalue weighted by molar-refractivity contribution is 7.12. The van der Waals surface area contributed by atoms with Crippen LogP contribution >= 0.6 is 11.3 Å². The fourth-order valence-corrected chi connectivity index (χ4v) is 4.32. The van der Waals surface area contributed by atoms with Gasteiger partial charge in [-0.15, -0.1) is 11.3 Å². The van der Waals surface area contributed by atoms with Crippen molar-refractivity contribution >= 4 is 17.2 Å². The van der Waals surface area contributed by atoms with Gasteiger partial charge < -0.3 is 14.2 Å². The molecule has 0 bridgehead atoms. The van der Waals surface area contributed by atoms with Crippen molar-refractivity contribution in [1.29, 1.82) is 0 Å². The zero-order chi connectivity index (χ0) is 15.8. The molecule has 2 aliphatic heterocycles. The molecule has 2 fully saturated rings. The molecule has 4 rings (SSSR count). The summed E-state index contributed by atoms with van der Waals surface area (Å²) in [7, 11) is 0. The molecule has 0 aliphatic carbocycles. The molecule has 7 heteroatoms. The average Bonchev–Trinajstić information content (AvgIpc) is 3.24. The van der Waals surface area contributed by atoms with Crippen LogP contribution in [0.5, 0.6) is 0 Å². The lowest BCUT2D eigenvalue weighted by Gasteiger charge is -2.43. The van der Waals surface area contributed by atoms with Gasteiger partial charge >= 0.3 is 0 Å². The Bertz CT molecular complexity index is 685. The second kappa shape index (κ2) is 6.05. The van der Waals surface area contributed by atoms with Gasteiger partial charge in [0.25, 0.3) is 5.91 Å². The topological polar surface area (TPSA) is 68.5 Å². The molecular weight excluding hydrogens is 314 g/mol. The second-order valence-electron chi connectivity index (χ2n) is 6.17. The molecule has 0 N–H and O–H groups in total. The number of hydrogen-bond acceptors (Lipinski definition) is 6. The van der Waals surface area contributed by atoms with Crippen LogP contribution in [-0.4, -0.2) is 46.7 Å². The highest BCUT2D eigenvalue weighted by Gasteiger charge is 2.42. The first-order chi connectivity index (χ1) is 11.2. The van der Waals surface area contributed by atoms with Crippen molar-refractivity contribution in [3.8, 4) is 0 Å². The molecule has 4 heterocycles. The summed E-state index contributed by atoms with van der Waals surface area (Å²) in [5.41, 5.74) is 0. The zero-order valence-electron chi connectivity index (χ0n) is 13.0. The number of carbonyl (C=O) groups excluding carboxylic acids is 1. The minimum atomic E-state index is 0.115. The quantitative estimate of drug-likeness (QED) is 0.844. The van der Waals surface area contributed by atoms with E-state index in [4.69, 9.17) is 9.26 Å². The van der Waals surface area contributed by atoms with Crippen molar-refractivity contribution in [3.63, 3.8) is 0 Å². The maximum atomic E-state index is 12.6. The molecule has 0 aromatic carbocycles. The Morgan fingerprint density at radius 3 is 3.09 bits per heavy atom. The third-order valence-corrected chi connectivity index (χ3v) is 5.61. The van der Waals surface area contributed by atoms with Gasteiger partial charge in [0.15, 0.2) is 5.82 Å². The molecule has 1 amide bonds. The van der Waals surface area contributed by atoms with Crippen LogP contribution in [0.25, 0.3) is 0 Å². The van der Waals surface area contributed by atoms with Gasteiger partial charge in [0, 0.05) is 31.5 Å². The molecule has 122 valence electrons. The smallest absolute Gasteiger partial charge is 0.263 e. The molecule has 6 nitrogen and oxygen atoms in total. The zero-order valence-corrected chi connectivity index (χ0v) is 13.8. The largest absolute Gasteiger partial charge is 0.378 e. The van der Waals surface area contributed by atoms with Gasteiger partial charge in [-0.3, -0.25) is 4.79 Å². The second-order valence-corrected chi connectivity index (χ2v) is 7.11. The van der Waals surface area contributed by atoms with Gasteiger partial charge in [-0.25, -0.2) is 0 Å². The van der Waals surface area contributed by atoms with Gasteiger partial charge in [0.1, 0.15) is 0 Å². The Morgan fingerprint density at radius 1 is 1.43 bits per heavy atom. The molecular formula is C16H19N3O3S. The van der Waals surface area contributed by atoms with E-state index >= 15 is 0 Å². The van der Waals surface area contributed by atoms with Crippen LogP contribution in [0.3, 0.4) is 0 Å². The maximum absolute atomic E-state index is 12.6. The predicted molar refractivity (Wildman–Crippen MR) is 84.5 cm³/mol. The number of likely N-dealkylation sites (tertiary alicyclic amines) is 1. The Morgan fingerprint density at radius 2 is 2.35 bits per heavy atom. The summed E-state index contributed by atoms with van der Waals surface area (Å²) in [5.74, 6) is 1.86. The average molecular weight is 333 g/mol. The predicted octanol–water partition coefficient (Wildman–Crippen LogP) is 2.47. The highest BCUT2D eigenvalue weighted by atomic mass is 32.1. The van der Waals surface area contributed by atoms with E-state index in [0.29, 0.717) is 24.9 Å². The molecule has 2 aliphatic rings. The van der Waals surface area contributed by atoms with E-state index in [2.05, 4.69) is 10.1 Å². The number of aryl methyl sites for hydroxylation is 1. The summed E-state index contributed by atoms with van der Waals surface area (Å²) in [4.78, 5) is 19.8. The number of nitrogens with zero attached hydrogens (tertiary/aromatic N) is 3. The van der Waals surface area contributed by atoms with Gasteiger partial charge in [-0.1, -0.05) is 11.2 Å². The molecule has 0 unspecified atom stereocenters. The standard InChI is InChI=1S/C16H19N3O3S/c1-10-17-15(22-18-10)11-5-7-21-13-4-6-19(9-12(11)13)16(20)14-3-2-8-23-14/h2-3,8,11-13H,4-7,9H2,1H3/t11-,12-,13-/m1/s1. The number of carbonyl (C=O) groups is 1. The third kappa shape index (κ3) is 2.79. The van der Waals surface area contributed by atoms with Crippen molar-refractivity contribution in [2.24, 2.45) is 5.92 Å². The molecule has 0 radical (unpaired) electrons. The number of ether oxygens (including phenoxy) is 1. The number of aromatic nitrogens is 2. The van der Waals surface area contributed by atoms with Crippen LogP contribution in [0.4, 0.5) is 0 Å². The minimum absolute atomic E-state index is 0.115. The van der Waals surface area contributed by atoms with Crippen molar-refractivity contribution in [3.05, 3.63) is 34.1 Å². The summed E-state index contributed by atoms with van der Waals surface area (Å²) in [6.45, 7) is 3.98. The number of fused-ring (bicyclic) bond motifs is 1. The number of piperidine rings is 1. The minimum Gasteiger partial charge on any atom is -0.378 e. The van der Waals surface area contributed by atoms with Gasteiger partial charge in [-0.05, 0) is 31.2 Å². The number of rotatable bonds is 2. The van der Waals surface area contributed by atoms with E-state index in [-0.39, 0.29) is 23.8 Å². The Balaban J connectivity index is 1.55. The fraction of sp³-hybridized carbons (Fsp3) is 0.562. The molecule has 2 saturated heterocycles. The van der Waals surface area contributed by atoms with E-state index in [1.165, 1.54) is 11.3 Å². The van der Waals surface area contributed by atoms with Crippen LogP contribution < -0.4 is 0 Å². The summed E-state index contributed by atoms with van der Waals surface area (Å²) in [5, 5.41) is 5.86. The highest BCUT2D eigenvalue weighted by Crippen LogP contribution is 2.39. The Kier molecular flexibility index (Phi) is 3.90. The number of hydrogen-bond donors (Lipinski definition) is 0. The lowest BCUT2D eigenvalue weighted by Crippen LogP contribution is -2.50. The lowest BCUT2D eigenvalue weighted by atomic mass is 9.79. The van der Waals surface area contributed by atoms with E-state index in [1.54, 1.807) is 0 Å². The van der Waals surface area contributed by atoms with Crippen LogP contribution in [0.15, 0.2) is 22.0 Å². The molecule has 2 aromatic rings. The van der Waals surface area contributed by atoms with Crippen molar-refractivity contribution in [2.75, 3.05) is 19.7 Å². The summed E-state index contributed by atoms with van der Waals surface area (Å²) in [6, 6.07) is 3.80. The molecule has 3 atom stereocenters. The van der Waals surface area contributed by atoms with Crippen molar-refractivity contribution in [2.45, 2.75) is 31.8 Å². The number of amides is 1. The van der Waals surface area contributed by atoms with E-state index < -0.39 is 0 Å². The first-order valence-electron chi connectivity index (χ1n) is 7.97. The number of thiophene rings is 1. The molecule has 23 heavy (non-hydrogen) atoms. The van der Waals surface area contributed by atoms with Gasteiger partial charge in [0.05, 0.1) is 11.0 Å². The van der Waals surface area contributed by atoms with Crippen molar-refractivity contribution < 1.29 is 14.1 Å². The summed E-state index contributed by atoms with van der Waals surface area (Å²) >= 11 is 1.49. The first kappa shape index (κ1) is 14.8. The SMILES string of the molecule is Cc1noc([C@@H]2CCO[C@@H]3CCN(C(=O)c4cccs4)C[C@@H]32)n1. The molecule has 2 aromatic heterocycles. The van der Waals surface area contributed by atoms with Crippen LogP contribution in [-0.2, 0) is 4.74 Å². The van der Waals surface area contributed by atoms with E-state index in [0.717, 1.165) is 24.3 Å². The van der Waals surface area contributed by atoms with Crippen LogP contribution in [0.1, 0.15) is 40.1 Å². The first-order valence-corrected chi connectivity index (χ1v) is 8.85. The van der Waals surface area contributed by atoms with Crippen LogP contribution in [0.2, 0.25) is 0 Å². The lowest BCUT2D eigenvalue weighted by molar-refractivity contribution is -0.0756. The molecule has 0 spiro atoms. The maximum Gasteiger partial charge on any atom is 0.263 e. The summed E-state index contributed by atoms with van der Waals surface area (Å²) in [6.07, 6.45) is 1.91. The molecule has 0 saturated carbocycles. The van der Waals surface area contributed by atoms with Crippen molar-refractivity contribution in [1.82, 2.24) is 15.0 Å². The monoisotopic (exact) mass is 333 g/mol. The fourth-order valence-electron chi connectivity index (χ4n) is 3.63. The van der Waals surface area contributed by atoms with E-state index in [9.17, 15) is 4.79 Å².